The third-order valence-electron chi connectivity index (χ3n) is 2.82. The fourth-order valence-corrected chi connectivity index (χ4v) is 2.19. The van der Waals surface area contributed by atoms with Crippen molar-refractivity contribution in [2.75, 3.05) is 29.2 Å². The molecule has 0 heterocycles. The SMILES string of the molecule is CSCC(=O)Nc1cccc(OCC(=O)Nc2ccccc2)c1. The van der Waals surface area contributed by atoms with Gasteiger partial charge >= 0.3 is 0 Å². The van der Waals surface area contributed by atoms with E-state index in [2.05, 4.69) is 10.6 Å². The smallest absolute Gasteiger partial charge is 0.262 e. The van der Waals surface area contributed by atoms with Crippen LogP contribution in [0.4, 0.5) is 11.4 Å². The van der Waals surface area contributed by atoms with Gasteiger partial charge in [0.1, 0.15) is 5.75 Å². The second kappa shape index (κ2) is 8.85. The Hall–Kier alpha value is -2.47. The van der Waals surface area contributed by atoms with Crippen LogP contribution in [-0.4, -0.2) is 30.4 Å². The van der Waals surface area contributed by atoms with Crippen molar-refractivity contribution in [1.82, 2.24) is 0 Å². The molecule has 120 valence electrons. The topological polar surface area (TPSA) is 67.4 Å². The van der Waals surface area contributed by atoms with E-state index < -0.39 is 0 Å². The lowest BCUT2D eigenvalue weighted by Crippen LogP contribution is -2.20. The summed E-state index contributed by atoms with van der Waals surface area (Å²) in [4.78, 5) is 23.4. The van der Waals surface area contributed by atoms with Crippen molar-refractivity contribution in [3.63, 3.8) is 0 Å². The van der Waals surface area contributed by atoms with Crippen molar-refractivity contribution in [2.24, 2.45) is 0 Å². The molecule has 2 amide bonds. The van der Waals surface area contributed by atoms with Gasteiger partial charge in [-0.05, 0) is 30.5 Å². The molecule has 0 aliphatic carbocycles. The second-order valence-electron chi connectivity index (χ2n) is 4.71. The zero-order valence-corrected chi connectivity index (χ0v) is 13.6. The van der Waals surface area contributed by atoms with Crippen LogP contribution in [0.5, 0.6) is 5.75 Å². The summed E-state index contributed by atoms with van der Waals surface area (Å²) in [5.74, 6) is 0.601. The van der Waals surface area contributed by atoms with Crippen molar-refractivity contribution in [3.05, 3.63) is 54.6 Å². The van der Waals surface area contributed by atoms with E-state index in [0.29, 0.717) is 17.2 Å². The Bertz CT molecular complexity index is 662. The van der Waals surface area contributed by atoms with Crippen LogP contribution in [0.1, 0.15) is 0 Å². The highest BCUT2D eigenvalue weighted by Gasteiger charge is 2.05. The van der Waals surface area contributed by atoms with Crippen LogP contribution in [0.2, 0.25) is 0 Å². The summed E-state index contributed by atoms with van der Waals surface area (Å²) < 4.78 is 5.45. The van der Waals surface area contributed by atoms with Crippen molar-refractivity contribution in [1.29, 1.82) is 0 Å². The molecule has 0 aromatic heterocycles. The Balaban J connectivity index is 1.85. The van der Waals surface area contributed by atoms with Crippen molar-refractivity contribution >= 4 is 35.0 Å². The Kier molecular flexibility index (Phi) is 6.50. The first kappa shape index (κ1) is 16.9. The van der Waals surface area contributed by atoms with Crippen molar-refractivity contribution < 1.29 is 14.3 Å². The van der Waals surface area contributed by atoms with Gasteiger partial charge < -0.3 is 15.4 Å². The molecule has 2 rings (SSSR count). The maximum atomic E-state index is 11.8. The van der Waals surface area contributed by atoms with Crippen LogP contribution < -0.4 is 15.4 Å². The predicted molar refractivity (Wildman–Crippen MR) is 94.0 cm³/mol. The highest BCUT2D eigenvalue weighted by Crippen LogP contribution is 2.17. The molecule has 23 heavy (non-hydrogen) atoms. The van der Waals surface area contributed by atoms with Gasteiger partial charge in [-0.1, -0.05) is 24.3 Å². The lowest BCUT2D eigenvalue weighted by Gasteiger charge is -2.09. The Morgan fingerprint density at radius 1 is 0.957 bits per heavy atom. The van der Waals surface area contributed by atoms with Gasteiger partial charge in [-0.3, -0.25) is 9.59 Å². The average Bonchev–Trinajstić information content (AvgIpc) is 2.54. The van der Waals surface area contributed by atoms with Crippen molar-refractivity contribution in [3.8, 4) is 5.75 Å². The Labute approximate surface area is 139 Å². The molecule has 0 atom stereocenters. The van der Waals surface area contributed by atoms with Crippen LogP contribution in [0.25, 0.3) is 0 Å². The van der Waals surface area contributed by atoms with Crippen LogP contribution >= 0.6 is 11.8 Å². The van der Waals surface area contributed by atoms with Crippen molar-refractivity contribution in [2.45, 2.75) is 0 Å². The molecule has 2 aromatic carbocycles. The maximum absolute atomic E-state index is 11.8. The number of carbonyl (C=O) groups excluding carboxylic acids is 2. The zero-order chi connectivity index (χ0) is 16.5. The molecule has 0 radical (unpaired) electrons. The highest BCUT2D eigenvalue weighted by atomic mass is 32.2. The van der Waals surface area contributed by atoms with Gasteiger partial charge in [0.05, 0.1) is 5.75 Å². The molecule has 0 aliphatic rings. The van der Waals surface area contributed by atoms with E-state index in [1.165, 1.54) is 11.8 Å². The number of anilines is 2. The number of thioether (sulfide) groups is 1. The summed E-state index contributed by atoms with van der Waals surface area (Å²) >= 11 is 1.45. The van der Waals surface area contributed by atoms with Gasteiger partial charge in [0.25, 0.3) is 5.91 Å². The minimum absolute atomic E-state index is 0.0727. The first-order valence-corrected chi connectivity index (χ1v) is 8.43. The summed E-state index contributed by atoms with van der Waals surface area (Å²) in [6.45, 7) is -0.100. The lowest BCUT2D eigenvalue weighted by molar-refractivity contribution is -0.118. The third-order valence-corrected chi connectivity index (χ3v) is 3.37. The summed E-state index contributed by atoms with van der Waals surface area (Å²) in [5, 5.41) is 5.51. The fraction of sp³-hybridized carbons (Fsp3) is 0.176. The molecule has 2 N–H and O–H groups in total. The number of rotatable bonds is 7. The zero-order valence-electron chi connectivity index (χ0n) is 12.7. The highest BCUT2D eigenvalue weighted by molar-refractivity contribution is 7.99. The van der Waals surface area contributed by atoms with Gasteiger partial charge in [0.15, 0.2) is 6.61 Å². The first-order chi connectivity index (χ1) is 11.2. The standard InChI is InChI=1S/C17H18N2O3S/c1-23-12-17(21)19-14-8-5-9-15(10-14)22-11-16(20)18-13-6-3-2-4-7-13/h2-10H,11-12H2,1H3,(H,18,20)(H,19,21). The van der Waals surface area contributed by atoms with Crippen LogP contribution in [0.15, 0.2) is 54.6 Å². The van der Waals surface area contributed by atoms with Gasteiger partial charge in [-0.25, -0.2) is 0 Å². The molecule has 0 saturated heterocycles. The minimum atomic E-state index is -0.243. The molecule has 0 bridgehead atoms. The van der Waals surface area contributed by atoms with E-state index in [0.717, 1.165) is 5.69 Å². The molecule has 2 aromatic rings. The monoisotopic (exact) mass is 330 g/mol. The fourth-order valence-electron chi connectivity index (χ4n) is 1.86. The van der Waals surface area contributed by atoms with E-state index in [4.69, 9.17) is 4.74 Å². The van der Waals surface area contributed by atoms with Crippen LogP contribution in [-0.2, 0) is 9.59 Å². The number of benzene rings is 2. The number of para-hydroxylation sites is 1. The van der Waals surface area contributed by atoms with E-state index >= 15 is 0 Å². The van der Waals surface area contributed by atoms with E-state index in [-0.39, 0.29) is 18.4 Å². The normalized spacial score (nSPS) is 9.96. The van der Waals surface area contributed by atoms with Gasteiger partial charge in [-0.2, -0.15) is 11.8 Å². The maximum Gasteiger partial charge on any atom is 0.262 e. The molecule has 5 nitrogen and oxygen atoms in total. The number of nitrogens with one attached hydrogen (secondary N) is 2. The minimum Gasteiger partial charge on any atom is -0.484 e. The van der Waals surface area contributed by atoms with Gasteiger partial charge in [-0.15, -0.1) is 0 Å². The summed E-state index contributed by atoms with van der Waals surface area (Å²) in [6, 6.07) is 16.1. The van der Waals surface area contributed by atoms with Crippen LogP contribution in [0, 0.1) is 0 Å². The van der Waals surface area contributed by atoms with E-state index in [1.807, 2.05) is 24.5 Å². The second-order valence-corrected chi connectivity index (χ2v) is 5.58. The molecule has 0 unspecified atom stereocenters. The number of carbonyl (C=O) groups is 2. The molecular weight excluding hydrogens is 312 g/mol. The van der Waals surface area contributed by atoms with E-state index in [1.54, 1.807) is 36.4 Å². The quantitative estimate of drug-likeness (QED) is 0.819. The third kappa shape index (κ3) is 6.04. The molecule has 0 aliphatic heterocycles. The number of ether oxygens (including phenoxy) is 1. The summed E-state index contributed by atoms with van der Waals surface area (Å²) in [7, 11) is 0. The van der Waals surface area contributed by atoms with Crippen LogP contribution in [0.3, 0.4) is 0 Å². The number of hydrogen-bond donors (Lipinski definition) is 2. The molecule has 0 saturated carbocycles. The van der Waals surface area contributed by atoms with E-state index in [9.17, 15) is 9.59 Å². The average molecular weight is 330 g/mol. The molecule has 0 fully saturated rings. The lowest BCUT2D eigenvalue weighted by atomic mass is 10.3. The first-order valence-electron chi connectivity index (χ1n) is 7.04. The number of amides is 2. The Morgan fingerprint density at radius 2 is 1.65 bits per heavy atom. The predicted octanol–water partition coefficient (Wildman–Crippen LogP) is 3.01. The van der Waals surface area contributed by atoms with Gasteiger partial charge in [0.2, 0.25) is 5.91 Å². The largest absolute Gasteiger partial charge is 0.484 e. The molecule has 6 heteroatoms. The Morgan fingerprint density at radius 3 is 2.39 bits per heavy atom. The number of hydrogen-bond acceptors (Lipinski definition) is 4. The molecular formula is C17H18N2O3S. The summed E-state index contributed by atoms with van der Waals surface area (Å²) in [6.07, 6.45) is 1.87. The van der Waals surface area contributed by atoms with Gasteiger partial charge in [0, 0.05) is 17.4 Å². The molecule has 0 spiro atoms. The summed E-state index contributed by atoms with van der Waals surface area (Å²) in [5.41, 5.74) is 1.36.